The molecular formula is C21H20. The van der Waals surface area contributed by atoms with E-state index in [0.717, 1.165) is 32.1 Å². The quantitative estimate of drug-likeness (QED) is 0.633. The van der Waals surface area contributed by atoms with Crippen LogP contribution < -0.4 is 0 Å². The maximum Gasteiger partial charge on any atom is -0.0152 e. The summed E-state index contributed by atoms with van der Waals surface area (Å²) in [6.45, 7) is 0. The maximum absolute atomic E-state index is 2.35. The van der Waals surface area contributed by atoms with E-state index in [-0.39, 0.29) is 0 Å². The Balaban J connectivity index is 1.85. The van der Waals surface area contributed by atoms with Crippen LogP contribution in [0, 0.1) is 0 Å². The Hall–Kier alpha value is -2.08. The molecule has 0 heteroatoms. The molecule has 0 nitrogen and oxygen atoms in total. The molecule has 5 aliphatic rings. The molecule has 0 radical (unpaired) electrons. The van der Waals surface area contributed by atoms with Gasteiger partial charge in [-0.15, -0.1) is 0 Å². The molecule has 104 valence electrons. The molecular weight excluding hydrogens is 252 g/mol. The molecule has 0 aliphatic heterocycles. The number of hydrogen-bond donors (Lipinski definition) is 0. The summed E-state index contributed by atoms with van der Waals surface area (Å²) in [5.41, 5.74) is 8.78. The minimum absolute atomic E-state index is 1.05. The number of rotatable bonds is 0. The zero-order valence-corrected chi connectivity index (χ0v) is 12.3. The normalized spacial score (nSPS) is 16.2. The molecule has 4 bridgehead atoms. The smallest absolute Gasteiger partial charge is 0.0152 e. The standard InChI is InChI=1S/C21H20/c1-2-4-20-18-12-10-16-6-8-17(9-7-16)11-13-19(15-14-18)21(20)5-3-1/h2-9,14-15H,1,10-13H2. The summed E-state index contributed by atoms with van der Waals surface area (Å²) < 4.78 is 0. The van der Waals surface area contributed by atoms with Crippen LogP contribution in [0.1, 0.15) is 39.8 Å². The zero-order chi connectivity index (χ0) is 14.1. The van der Waals surface area contributed by atoms with Crippen LogP contribution in [0.2, 0.25) is 0 Å². The number of aryl methyl sites for hydroxylation is 4. The average molecular weight is 272 g/mol. The molecule has 0 fully saturated rings. The van der Waals surface area contributed by atoms with Crippen molar-refractivity contribution in [1.82, 2.24) is 0 Å². The van der Waals surface area contributed by atoms with Crippen LogP contribution in [0.15, 0.2) is 48.6 Å². The third-order valence-corrected chi connectivity index (χ3v) is 4.70. The van der Waals surface area contributed by atoms with Crippen molar-refractivity contribution in [3.63, 3.8) is 0 Å². The van der Waals surface area contributed by atoms with Crippen molar-refractivity contribution in [1.29, 1.82) is 0 Å². The molecule has 0 N–H and O–H groups in total. The summed E-state index contributed by atoms with van der Waals surface area (Å²) in [5.74, 6) is 0. The molecule has 21 heavy (non-hydrogen) atoms. The Bertz CT molecular complexity index is 652. The molecule has 0 spiro atoms. The predicted octanol–water partition coefficient (Wildman–Crippen LogP) is 5.00. The Labute approximate surface area is 126 Å². The first-order valence-electron chi connectivity index (χ1n) is 7.96. The molecule has 0 amide bonds. The first-order valence-corrected chi connectivity index (χ1v) is 7.96. The average Bonchev–Trinajstić information content (AvgIpc) is 2.76. The van der Waals surface area contributed by atoms with Gasteiger partial charge in [-0.3, -0.25) is 0 Å². The summed E-state index contributed by atoms with van der Waals surface area (Å²) in [4.78, 5) is 0. The van der Waals surface area contributed by atoms with Crippen molar-refractivity contribution >= 4 is 12.2 Å². The number of hydrogen-bond acceptors (Lipinski definition) is 0. The van der Waals surface area contributed by atoms with Gasteiger partial charge in [0.1, 0.15) is 0 Å². The highest BCUT2D eigenvalue weighted by atomic mass is 14.2. The Morgan fingerprint density at radius 2 is 1.00 bits per heavy atom. The molecule has 5 aliphatic carbocycles. The van der Waals surface area contributed by atoms with E-state index in [1.807, 2.05) is 0 Å². The van der Waals surface area contributed by atoms with E-state index in [2.05, 4.69) is 60.7 Å². The minimum Gasteiger partial charge on any atom is -0.0801 e. The molecule has 0 heterocycles. The van der Waals surface area contributed by atoms with Gasteiger partial charge in [0, 0.05) is 0 Å². The van der Waals surface area contributed by atoms with Gasteiger partial charge in [-0.25, -0.2) is 0 Å². The van der Waals surface area contributed by atoms with Gasteiger partial charge in [0.15, 0.2) is 0 Å². The van der Waals surface area contributed by atoms with E-state index in [4.69, 9.17) is 0 Å². The first kappa shape index (κ1) is 12.6. The topological polar surface area (TPSA) is 0 Å². The highest BCUT2D eigenvalue weighted by Gasteiger charge is 2.12. The molecule has 0 aromatic heterocycles. The van der Waals surface area contributed by atoms with Gasteiger partial charge < -0.3 is 0 Å². The summed E-state index contributed by atoms with van der Waals surface area (Å²) in [6.07, 6.45) is 14.8. The second-order valence-electron chi connectivity index (χ2n) is 6.07. The minimum atomic E-state index is 1.05. The summed E-state index contributed by atoms with van der Waals surface area (Å²) >= 11 is 0. The van der Waals surface area contributed by atoms with Crippen molar-refractivity contribution in [2.45, 2.75) is 32.1 Å². The molecule has 0 saturated carbocycles. The van der Waals surface area contributed by atoms with Crippen LogP contribution in [0.3, 0.4) is 0 Å². The third kappa shape index (κ3) is 2.47. The van der Waals surface area contributed by atoms with Crippen LogP contribution in [-0.4, -0.2) is 0 Å². The van der Waals surface area contributed by atoms with Crippen LogP contribution in [0.25, 0.3) is 12.2 Å². The Kier molecular flexibility index (Phi) is 3.23. The molecule has 0 unspecified atom stereocenters. The molecule has 2 aromatic rings. The largest absolute Gasteiger partial charge is 0.0801 e. The van der Waals surface area contributed by atoms with Gasteiger partial charge in [0.2, 0.25) is 0 Å². The van der Waals surface area contributed by atoms with Gasteiger partial charge in [-0.1, -0.05) is 60.7 Å². The molecule has 7 rings (SSSR count). The fourth-order valence-corrected chi connectivity index (χ4v) is 3.44. The zero-order valence-electron chi connectivity index (χ0n) is 12.3. The number of benzene rings is 2. The van der Waals surface area contributed by atoms with Crippen LogP contribution >= 0.6 is 0 Å². The lowest BCUT2D eigenvalue weighted by Gasteiger charge is -2.16. The lowest BCUT2D eigenvalue weighted by Crippen LogP contribution is -2.03. The van der Waals surface area contributed by atoms with Crippen molar-refractivity contribution in [3.8, 4) is 0 Å². The monoisotopic (exact) mass is 272 g/mol. The molecule has 0 atom stereocenters. The maximum atomic E-state index is 2.35. The van der Waals surface area contributed by atoms with Gasteiger partial charge in [-0.2, -0.15) is 0 Å². The Morgan fingerprint density at radius 1 is 0.524 bits per heavy atom. The predicted molar refractivity (Wildman–Crippen MR) is 90.4 cm³/mol. The lowest BCUT2D eigenvalue weighted by atomic mass is 9.89. The molecule has 2 aromatic carbocycles. The van der Waals surface area contributed by atoms with E-state index >= 15 is 0 Å². The highest BCUT2D eigenvalue weighted by Crippen LogP contribution is 2.28. The van der Waals surface area contributed by atoms with Gasteiger partial charge in [-0.05, 0) is 65.5 Å². The van der Waals surface area contributed by atoms with E-state index < -0.39 is 0 Å². The van der Waals surface area contributed by atoms with Crippen LogP contribution in [0.5, 0.6) is 0 Å². The summed E-state index contributed by atoms with van der Waals surface area (Å²) in [6, 6.07) is 13.9. The van der Waals surface area contributed by atoms with Crippen LogP contribution in [0.4, 0.5) is 0 Å². The SMILES string of the molecule is C1=Cc2c3ccc(c2C=CC1)CCc1ccc(cc1)CC3. The van der Waals surface area contributed by atoms with Crippen molar-refractivity contribution in [2.75, 3.05) is 0 Å². The van der Waals surface area contributed by atoms with E-state index in [0.29, 0.717) is 0 Å². The molecule has 0 saturated heterocycles. The van der Waals surface area contributed by atoms with Gasteiger partial charge >= 0.3 is 0 Å². The third-order valence-electron chi connectivity index (χ3n) is 4.70. The van der Waals surface area contributed by atoms with Crippen molar-refractivity contribution in [3.05, 3.63) is 81.9 Å². The first-order chi connectivity index (χ1) is 10.4. The van der Waals surface area contributed by atoms with Crippen molar-refractivity contribution < 1.29 is 0 Å². The number of allylic oxidation sites excluding steroid dienone is 2. The van der Waals surface area contributed by atoms with Crippen molar-refractivity contribution in [2.24, 2.45) is 0 Å². The summed E-state index contributed by atoms with van der Waals surface area (Å²) in [7, 11) is 0. The highest BCUT2D eigenvalue weighted by molar-refractivity contribution is 5.72. The summed E-state index contributed by atoms with van der Waals surface area (Å²) in [5, 5.41) is 0. The fraction of sp³-hybridized carbons (Fsp3) is 0.238. The van der Waals surface area contributed by atoms with E-state index in [9.17, 15) is 0 Å². The van der Waals surface area contributed by atoms with Gasteiger partial charge in [0.25, 0.3) is 0 Å². The Morgan fingerprint density at radius 3 is 1.48 bits per heavy atom. The second-order valence-corrected chi connectivity index (χ2v) is 6.07. The lowest BCUT2D eigenvalue weighted by molar-refractivity contribution is 0.917. The van der Waals surface area contributed by atoms with Crippen LogP contribution in [-0.2, 0) is 25.7 Å². The van der Waals surface area contributed by atoms with E-state index in [1.165, 1.54) is 33.4 Å². The fourth-order valence-electron chi connectivity index (χ4n) is 3.44. The van der Waals surface area contributed by atoms with E-state index in [1.54, 1.807) is 0 Å². The second kappa shape index (κ2) is 5.37. The van der Waals surface area contributed by atoms with Gasteiger partial charge in [0.05, 0.1) is 0 Å².